The number of hydrogen-bond donors (Lipinski definition) is 0. The number of thiophene rings is 1. The fourth-order valence-corrected chi connectivity index (χ4v) is 2.14. The van der Waals surface area contributed by atoms with Gasteiger partial charge in [-0.25, -0.2) is 26.7 Å². The molecule has 116 valence electrons. The molecule has 1 aromatic carbocycles. The quantitative estimate of drug-likeness (QED) is 0.215. The van der Waals surface area contributed by atoms with Gasteiger partial charge in [0.2, 0.25) is 5.82 Å². The second-order valence-electron chi connectivity index (χ2n) is 3.93. The van der Waals surface area contributed by atoms with Crippen molar-refractivity contribution in [1.29, 1.82) is 0 Å². The number of carbonyl (C=O) groups excluding carboxylic acids is 2. The average Bonchev–Trinajstić information content (AvgIpc) is 3.04. The van der Waals surface area contributed by atoms with E-state index in [9.17, 15) is 31.5 Å². The van der Waals surface area contributed by atoms with Crippen molar-refractivity contribution in [2.75, 3.05) is 0 Å². The van der Waals surface area contributed by atoms with Crippen LogP contribution in [0.4, 0.5) is 22.0 Å². The van der Waals surface area contributed by atoms with Crippen molar-refractivity contribution in [3.8, 4) is 0 Å². The molecule has 0 N–H and O–H groups in total. The van der Waals surface area contributed by atoms with Gasteiger partial charge in [0, 0.05) is 0 Å². The van der Waals surface area contributed by atoms with Gasteiger partial charge < -0.3 is 4.74 Å². The van der Waals surface area contributed by atoms with E-state index < -0.39 is 53.0 Å². The number of halogens is 5. The summed E-state index contributed by atoms with van der Waals surface area (Å²) >= 11 is 0.926. The van der Waals surface area contributed by atoms with Crippen molar-refractivity contribution < 1.29 is 36.3 Å². The maximum absolute atomic E-state index is 13.3. The molecule has 0 aliphatic rings. The third kappa shape index (κ3) is 2.84. The molecule has 3 nitrogen and oxygen atoms in total. The SMILES string of the molecule is O=C(OCc1c(F)c(F)c(F)c(F)c1F)C(=O)c1cccs1. The number of hydrogen-bond acceptors (Lipinski definition) is 4. The van der Waals surface area contributed by atoms with Crippen molar-refractivity contribution >= 4 is 23.1 Å². The van der Waals surface area contributed by atoms with Gasteiger partial charge in [-0.3, -0.25) is 4.79 Å². The van der Waals surface area contributed by atoms with Crippen molar-refractivity contribution in [2.45, 2.75) is 6.61 Å². The molecule has 22 heavy (non-hydrogen) atoms. The summed E-state index contributed by atoms with van der Waals surface area (Å²) in [5.41, 5.74) is -1.33. The predicted octanol–water partition coefficient (Wildman–Crippen LogP) is 3.37. The first-order chi connectivity index (χ1) is 10.3. The first-order valence-electron chi connectivity index (χ1n) is 5.59. The molecule has 1 heterocycles. The number of ketones is 1. The van der Waals surface area contributed by atoms with E-state index in [0.717, 1.165) is 11.3 Å². The summed E-state index contributed by atoms with van der Waals surface area (Å²) in [7, 11) is 0. The third-order valence-corrected chi connectivity index (χ3v) is 3.45. The van der Waals surface area contributed by atoms with E-state index in [1.54, 1.807) is 0 Å². The Balaban J connectivity index is 2.19. The minimum absolute atomic E-state index is 0.0161. The highest BCUT2D eigenvalue weighted by Crippen LogP contribution is 2.23. The number of carbonyl (C=O) groups is 2. The monoisotopic (exact) mass is 336 g/mol. The van der Waals surface area contributed by atoms with Gasteiger partial charge in [-0.05, 0) is 11.4 Å². The second kappa shape index (κ2) is 6.22. The Morgan fingerprint density at radius 2 is 1.50 bits per heavy atom. The van der Waals surface area contributed by atoms with Crippen LogP contribution in [-0.4, -0.2) is 11.8 Å². The Labute approximate surface area is 123 Å². The third-order valence-electron chi connectivity index (χ3n) is 2.58. The second-order valence-corrected chi connectivity index (χ2v) is 4.88. The maximum atomic E-state index is 13.3. The molecule has 2 rings (SSSR count). The Hall–Kier alpha value is -2.29. The van der Waals surface area contributed by atoms with Crippen LogP contribution in [-0.2, 0) is 16.1 Å². The minimum atomic E-state index is -2.32. The molecule has 0 aliphatic heterocycles. The van der Waals surface area contributed by atoms with Crippen molar-refractivity contribution in [3.05, 3.63) is 57.0 Å². The van der Waals surface area contributed by atoms with Gasteiger partial charge in [0.15, 0.2) is 23.3 Å². The zero-order valence-electron chi connectivity index (χ0n) is 10.5. The lowest BCUT2D eigenvalue weighted by atomic mass is 10.2. The molecular weight excluding hydrogens is 331 g/mol. The van der Waals surface area contributed by atoms with Gasteiger partial charge in [-0.1, -0.05) is 6.07 Å². The molecule has 9 heteroatoms. The zero-order chi connectivity index (χ0) is 16.4. The number of ether oxygens (including phenoxy) is 1. The number of esters is 1. The summed E-state index contributed by atoms with van der Waals surface area (Å²) < 4.78 is 69.7. The maximum Gasteiger partial charge on any atom is 0.380 e. The van der Waals surface area contributed by atoms with E-state index >= 15 is 0 Å². The Kier molecular flexibility index (Phi) is 4.55. The molecule has 0 bridgehead atoms. The molecule has 0 amide bonds. The first kappa shape index (κ1) is 16.1. The summed E-state index contributed by atoms with van der Waals surface area (Å²) in [5.74, 6) is -13.4. The first-order valence-corrected chi connectivity index (χ1v) is 6.47. The van der Waals surface area contributed by atoms with Crippen LogP contribution in [0.25, 0.3) is 0 Å². The van der Waals surface area contributed by atoms with Crippen LogP contribution in [0.3, 0.4) is 0 Å². The van der Waals surface area contributed by atoms with E-state index in [0.29, 0.717) is 0 Å². The number of benzene rings is 1. The Morgan fingerprint density at radius 1 is 0.955 bits per heavy atom. The smallest absolute Gasteiger partial charge is 0.380 e. The van der Waals surface area contributed by atoms with Crippen molar-refractivity contribution in [2.24, 2.45) is 0 Å². The van der Waals surface area contributed by atoms with E-state index in [1.807, 2.05) is 0 Å². The van der Waals surface area contributed by atoms with Crippen LogP contribution in [0.5, 0.6) is 0 Å². The van der Waals surface area contributed by atoms with Gasteiger partial charge in [-0.15, -0.1) is 11.3 Å². The van der Waals surface area contributed by atoms with Crippen LogP contribution in [0.15, 0.2) is 17.5 Å². The van der Waals surface area contributed by atoms with Crippen LogP contribution < -0.4 is 0 Å². The molecule has 1 aromatic heterocycles. The molecule has 0 saturated carbocycles. The summed E-state index contributed by atoms with van der Waals surface area (Å²) in [6.07, 6.45) is 0. The Morgan fingerprint density at radius 3 is 2.00 bits per heavy atom. The molecule has 0 saturated heterocycles. The predicted molar refractivity (Wildman–Crippen MR) is 64.7 cm³/mol. The van der Waals surface area contributed by atoms with Gasteiger partial charge in [-0.2, -0.15) is 0 Å². The van der Waals surface area contributed by atoms with Crippen LogP contribution in [0.2, 0.25) is 0 Å². The highest BCUT2D eigenvalue weighted by Gasteiger charge is 2.27. The largest absolute Gasteiger partial charge is 0.455 e. The van der Waals surface area contributed by atoms with Crippen LogP contribution >= 0.6 is 11.3 Å². The van der Waals surface area contributed by atoms with Gasteiger partial charge in [0.05, 0.1) is 10.4 Å². The van der Waals surface area contributed by atoms with E-state index in [-0.39, 0.29) is 4.88 Å². The van der Waals surface area contributed by atoms with E-state index in [1.165, 1.54) is 17.5 Å². The lowest BCUT2D eigenvalue weighted by molar-refractivity contribution is -0.139. The average molecular weight is 336 g/mol. The molecule has 0 spiro atoms. The van der Waals surface area contributed by atoms with E-state index in [4.69, 9.17) is 0 Å². The highest BCUT2D eigenvalue weighted by molar-refractivity contribution is 7.12. The topological polar surface area (TPSA) is 43.4 Å². The summed E-state index contributed by atoms with van der Waals surface area (Å²) in [6, 6.07) is 2.79. The lowest BCUT2D eigenvalue weighted by Crippen LogP contribution is -2.18. The molecule has 2 aromatic rings. The number of Topliss-reactive ketones (excluding diaryl/α,β-unsaturated/α-hetero) is 1. The standard InChI is InChI=1S/C13H5F5O3S/c14-7-5(8(15)10(17)11(18)9(7)16)4-21-13(20)12(19)6-2-1-3-22-6/h1-3H,4H2. The van der Waals surface area contributed by atoms with Crippen LogP contribution in [0.1, 0.15) is 15.2 Å². The van der Waals surface area contributed by atoms with Crippen LogP contribution in [0, 0.1) is 29.1 Å². The molecule has 0 radical (unpaired) electrons. The fraction of sp³-hybridized carbons (Fsp3) is 0.0769. The van der Waals surface area contributed by atoms with Crippen molar-refractivity contribution in [1.82, 2.24) is 0 Å². The Bertz CT molecular complexity index is 714. The lowest BCUT2D eigenvalue weighted by Gasteiger charge is -2.08. The van der Waals surface area contributed by atoms with E-state index in [2.05, 4.69) is 4.74 Å². The molecular formula is C13H5F5O3S. The van der Waals surface area contributed by atoms with Gasteiger partial charge >= 0.3 is 5.97 Å². The molecule has 0 fully saturated rings. The highest BCUT2D eigenvalue weighted by atomic mass is 32.1. The molecule has 0 unspecified atom stereocenters. The molecule has 0 atom stereocenters. The van der Waals surface area contributed by atoms with Gasteiger partial charge in [0.25, 0.3) is 5.78 Å². The fourth-order valence-electron chi connectivity index (χ4n) is 1.49. The summed E-state index contributed by atoms with van der Waals surface area (Å²) in [5, 5.41) is 1.50. The zero-order valence-corrected chi connectivity index (χ0v) is 11.3. The minimum Gasteiger partial charge on any atom is -0.455 e. The molecule has 0 aliphatic carbocycles. The number of rotatable bonds is 4. The summed E-state index contributed by atoms with van der Waals surface area (Å²) in [4.78, 5) is 22.9. The van der Waals surface area contributed by atoms with Crippen molar-refractivity contribution in [3.63, 3.8) is 0 Å². The summed E-state index contributed by atoms with van der Waals surface area (Å²) in [6.45, 7) is -1.26. The van der Waals surface area contributed by atoms with Gasteiger partial charge in [0.1, 0.15) is 6.61 Å². The normalized spacial score (nSPS) is 10.6.